The summed E-state index contributed by atoms with van der Waals surface area (Å²) in [6.07, 6.45) is 0. The molecule has 1 heterocycles. The second-order valence-corrected chi connectivity index (χ2v) is 7.11. The molecule has 0 spiro atoms. The summed E-state index contributed by atoms with van der Waals surface area (Å²) in [4.78, 5) is 18.8. The number of fused-ring (bicyclic) bond motifs is 1. The molecule has 0 bridgehead atoms. The lowest BCUT2D eigenvalue weighted by Crippen LogP contribution is -2.27. The van der Waals surface area contributed by atoms with Crippen molar-refractivity contribution < 1.29 is 14.3 Å². The Balaban J connectivity index is 1.91. The molecule has 3 aromatic carbocycles. The van der Waals surface area contributed by atoms with E-state index in [4.69, 9.17) is 9.47 Å². The van der Waals surface area contributed by atoms with Gasteiger partial charge in [-0.2, -0.15) is 5.26 Å². The highest BCUT2D eigenvalue weighted by Gasteiger charge is 2.23. The maximum atomic E-state index is 12.5. The summed E-state index contributed by atoms with van der Waals surface area (Å²) in [6, 6.07) is 21.0. The molecule has 3 aromatic rings. The molecule has 1 amide bonds. The standard InChI is InChI=1S/C25H21N3O3/c1-28-22-10-7-17(20-9-8-19(30-2)13-23(20)31-3)12-21(22)25(27-15-24(28)29)18-6-4-5-16(11-18)14-26/h4-13H,15H2,1-3H3. The highest BCUT2D eigenvalue weighted by atomic mass is 16.5. The molecule has 0 N–H and O–H groups in total. The fraction of sp³-hybridized carbons (Fsp3) is 0.160. The molecule has 0 aliphatic carbocycles. The van der Waals surface area contributed by atoms with Crippen LogP contribution in [0.25, 0.3) is 11.1 Å². The average Bonchev–Trinajstić information content (AvgIpc) is 2.94. The van der Waals surface area contributed by atoms with Gasteiger partial charge in [0.25, 0.3) is 0 Å². The molecule has 0 atom stereocenters. The lowest BCUT2D eigenvalue weighted by molar-refractivity contribution is -0.116. The number of anilines is 1. The van der Waals surface area contributed by atoms with E-state index in [0.29, 0.717) is 22.8 Å². The van der Waals surface area contributed by atoms with Crippen molar-refractivity contribution in [2.75, 3.05) is 32.7 Å². The number of methoxy groups -OCH3 is 2. The van der Waals surface area contributed by atoms with Crippen LogP contribution in [-0.4, -0.2) is 39.4 Å². The van der Waals surface area contributed by atoms with Crippen LogP contribution in [-0.2, 0) is 4.79 Å². The third kappa shape index (κ3) is 3.74. The molecule has 4 rings (SSSR count). The highest BCUT2D eigenvalue weighted by Crippen LogP contribution is 2.37. The zero-order valence-electron chi connectivity index (χ0n) is 17.5. The normalized spacial score (nSPS) is 13.0. The van der Waals surface area contributed by atoms with Gasteiger partial charge in [-0.3, -0.25) is 9.79 Å². The number of hydrogen-bond donors (Lipinski definition) is 0. The number of nitriles is 1. The third-order valence-electron chi connectivity index (χ3n) is 5.34. The number of carbonyl (C=O) groups is 1. The Hall–Kier alpha value is -4.11. The summed E-state index contributed by atoms with van der Waals surface area (Å²) >= 11 is 0. The van der Waals surface area contributed by atoms with Gasteiger partial charge in [0, 0.05) is 29.8 Å². The number of benzodiazepines with no additional fused rings is 1. The first-order chi connectivity index (χ1) is 15.0. The van der Waals surface area contributed by atoms with Gasteiger partial charge in [0.1, 0.15) is 18.0 Å². The molecule has 0 aromatic heterocycles. The topological polar surface area (TPSA) is 74.9 Å². The number of amides is 1. The number of likely N-dealkylation sites (N-methyl/N-ethyl adjacent to an activating group) is 1. The molecule has 0 fully saturated rings. The summed E-state index contributed by atoms with van der Waals surface area (Å²) in [5.41, 5.74) is 5.42. The van der Waals surface area contributed by atoms with Gasteiger partial charge < -0.3 is 14.4 Å². The van der Waals surface area contributed by atoms with E-state index in [9.17, 15) is 10.1 Å². The molecule has 1 aliphatic rings. The summed E-state index contributed by atoms with van der Waals surface area (Å²) in [5, 5.41) is 9.31. The predicted octanol–water partition coefficient (Wildman–Crippen LogP) is 4.06. The van der Waals surface area contributed by atoms with Crippen LogP contribution in [0.15, 0.2) is 65.7 Å². The minimum Gasteiger partial charge on any atom is -0.497 e. The maximum Gasteiger partial charge on any atom is 0.248 e. The van der Waals surface area contributed by atoms with Crippen LogP contribution in [0.5, 0.6) is 11.5 Å². The fourth-order valence-electron chi connectivity index (χ4n) is 3.68. The van der Waals surface area contributed by atoms with E-state index < -0.39 is 0 Å². The van der Waals surface area contributed by atoms with Crippen LogP contribution in [0.3, 0.4) is 0 Å². The van der Waals surface area contributed by atoms with E-state index in [0.717, 1.165) is 27.9 Å². The number of ether oxygens (including phenoxy) is 2. The number of aliphatic imine (C=N–C) groups is 1. The molecule has 6 nitrogen and oxygen atoms in total. The Labute approximate surface area is 181 Å². The van der Waals surface area contributed by atoms with Crippen molar-refractivity contribution in [1.29, 1.82) is 5.26 Å². The zero-order valence-corrected chi connectivity index (χ0v) is 17.5. The Morgan fingerprint density at radius 3 is 2.55 bits per heavy atom. The molecule has 31 heavy (non-hydrogen) atoms. The number of benzene rings is 3. The SMILES string of the molecule is COc1ccc(-c2ccc3c(c2)C(c2cccc(C#N)c2)=NCC(=O)N3C)c(OC)c1. The van der Waals surface area contributed by atoms with Crippen molar-refractivity contribution in [3.63, 3.8) is 0 Å². The second kappa shape index (κ2) is 8.33. The van der Waals surface area contributed by atoms with Gasteiger partial charge in [0.2, 0.25) is 5.91 Å². The second-order valence-electron chi connectivity index (χ2n) is 7.11. The Morgan fingerprint density at radius 1 is 0.968 bits per heavy atom. The summed E-state index contributed by atoms with van der Waals surface area (Å²) in [5.74, 6) is 1.29. The van der Waals surface area contributed by atoms with Crippen molar-refractivity contribution in [1.82, 2.24) is 0 Å². The van der Waals surface area contributed by atoms with Crippen molar-refractivity contribution >= 4 is 17.3 Å². The van der Waals surface area contributed by atoms with Crippen LogP contribution < -0.4 is 14.4 Å². The zero-order chi connectivity index (χ0) is 22.0. The monoisotopic (exact) mass is 411 g/mol. The molecule has 154 valence electrons. The van der Waals surface area contributed by atoms with Crippen molar-refractivity contribution in [2.24, 2.45) is 4.99 Å². The highest BCUT2D eigenvalue weighted by molar-refractivity contribution is 6.20. The van der Waals surface area contributed by atoms with E-state index in [2.05, 4.69) is 11.1 Å². The Kier molecular flexibility index (Phi) is 5.42. The summed E-state index contributed by atoms with van der Waals surface area (Å²) in [7, 11) is 4.98. The Morgan fingerprint density at radius 2 is 1.81 bits per heavy atom. The third-order valence-corrected chi connectivity index (χ3v) is 5.34. The van der Waals surface area contributed by atoms with Crippen molar-refractivity contribution in [3.05, 3.63) is 77.4 Å². The van der Waals surface area contributed by atoms with Crippen LogP contribution in [0, 0.1) is 11.3 Å². The van der Waals surface area contributed by atoms with Gasteiger partial charge in [-0.05, 0) is 42.0 Å². The fourth-order valence-corrected chi connectivity index (χ4v) is 3.68. The molecule has 6 heteroatoms. The lowest BCUT2D eigenvalue weighted by atomic mass is 9.94. The van der Waals surface area contributed by atoms with E-state index >= 15 is 0 Å². The number of rotatable bonds is 4. The van der Waals surface area contributed by atoms with Gasteiger partial charge in [0.05, 0.1) is 37.3 Å². The lowest BCUT2D eigenvalue weighted by Gasteiger charge is -2.20. The van der Waals surface area contributed by atoms with E-state index in [1.165, 1.54) is 0 Å². The smallest absolute Gasteiger partial charge is 0.248 e. The summed E-state index contributed by atoms with van der Waals surface area (Å²) < 4.78 is 10.9. The minimum absolute atomic E-state index is 0.0402. The van der Waals surface area contributed by atoms with Gasteiger partial charge in [-0.1, -0.05) is 18.2 Å². The molecule has 0 saturated heterocycles. The molecule has 1 aliphatic heterocycles. The molecular formula is C25H21N3O3. The van der Waals surface area contributed by atoms with E-state index in [1.54, 1.807) is 38.3 Å². The molecular weight excluding hydrogens is 390 g/mol. The quantitative estimate of drug-likeness (QED) is 0.649. The maximum absolute atomic E-state index is 12.5. The van der Waals surface area contributed by atoms with Crippen molar-refractivity contribution in [2.45, 2.75) is 0 Å². The van der Waals surface area contributed by atoms with Crippen LogP contribution in [0.1, 0.15) is 16.7 Å². The average molecular weight is 411 g/mol. The number of carbonyl (C=O) groups excluding carboxylic acids is 1. The molecule has 0 saturated carbocycles. The van der Waals surface area contributed by atoms with E-state index in [1.807, 2.05) is 48.5 Å². The van der Waals surface area contributed by atoms with Crippen molar-refractivity contribution in [3.8, 4) is 28.7 Å². The van der Waals surface area contributed by atoms with Crippen LogP contribution >= 0.6 is 0 Å². The number of nitrogens with zero attached hydrogens (tertiary/aromatic N) is 3. The van der Waals surface area contributed by atoms with Gasteiger partial charge in [0.15, 0.2) is 0 Å². The first-order valence-corrected chi connectivity index (χ1v) is 9.74. The largest absolute Gasteiger partial charge is 0.497 e. The van der Waals surface area contributed by atoms with Gasteiger partial charge >= 0.3 is 0 Å². The first kappa shape index (κ1) is 20.2. The van der Waals surface area contributed by atoms with Crippen LogP contribution in [0.4, 0.5) is 5.69 Å². The van der Waals surface area contributed by atoms with Crippen LogP contribution in [0.2, 0.25) is 0 Å². The molecule has 0 unspecified atom stereocenters. The first-order valence-electron chi connectivity index (χ1n) is 9.74. The van der Waals surface area contributed by atoms with Gasteiger partial charge in [-0.25, -0.2) is 0 Å². The predicted molar refractivity (Wildman–Crippen MR) is 120 cm³/mol. The Bertz CT molecular complexity index is 1240. The number of hydrogen-bond acceptors (Lipinski definition) is 5. The molecule has 0 radical (unpaired) electrons. The van der Waals surface area contributed by atoms with E-state index in [-0.39, 0.29) is 12.5 Å². The van der Waals surface area contributed by atoms with Gasteiger partial charge in [-0.15, -0.1) is 0 Å². The summed E-state index contributed by atoms with van der Waals surface area (Å²) in [6.45, 7) is 0.0402. The minimum atomic E-state index is -0.0949.